The summed E-state index contributed by atoms with van der Waals surface area (Å²) in [7, 11) is 0. The molecule has 0 aliphatic heterocycles. The van der Waals surface area contributed by atoms with Gasteiger partial charge in [0.1, 0.15) is 18.2 Å². The van der Waals surface area contributed by atoms with E-state index in [4.69, 9.17) is 5.73 Å². The fourth-order valence-corrected chi connectivity index (χ4v) is 1.89. The summed E-state index contributed by atoms with van der Waals surface area (Å²) < 4.78 is 14.6. The minimum Gasteiger partial charge on any atom is -0.318 e. The largest absolute Gasteiger partial charge is 0.318 e. The maximum atomic E-state index is 12.9. The summed E-state index contributed by atoms with van der Waals surface area (Å²) in [4.78, 5) is 4.34. The molecule has 0 unspecified atom stereocenters. The lowest BCUT2D eigenvalue weighted by Crippen LogP contribution is -2.13. The molecule has 2 aromatic heterocycles. The van der Waals surface area contributed by atoms with Gasteiger partial charge in [-0.3, -0.25) is 9.78 Å². The predicted molar refractivity (Wildman–Crippen MR) is 70.1 cm³/mol. The molecule has 3 rings (SSSR count). The summed E-state index contributed by atoms with van der Waals surface area (Å²) in [5.41, 5.74) is 6.82. The van der Waals surface area contributed by atoms with Crippen LogP contribution in [0.15, 0.2) is 42.7 Å². The van der Waals surface area contributed by atoms with Gasteiger partial charge in [-0.15, -0.1) is 0 Å². The number of nitrogens with one attached hydrogen (secondary N) is 1. The van der Waals surface area contributed by atoms with Gasteiger partial charge in [-0.2, -0.15) is 10.2 Å². The molecule has 102 valence electrons. The minimum absolute atomic E-state index is 0.296. The van der Waals surface area contributed by atoms with E-state index in [0.717, 1.165) is 5.56 Å². The van der Waals surface area contributed by atoms with Crippen LogP contribution in [-0.4, -0.2) is 25.0 Å². The van der Waals surface area contributed by atoms with Gasteiger partial charge in [-0.25, -0.2) is 9.37 Å². The first-order chi connectivity index (χ1) is 9.72. The molecule has 0 amide bonds. The standard InChI is InChI=1S/C13H13FN6/c14-10-4-2-9(3-5-10)12(15)13-17-11(18-19-13)8-20-7-1-6-16-20/h1-7,12H,8,15H2,(H,17,18,19)/t12-/m0/s1. The predicted octanol–water partition coefficient (Wildman–Crippen LogP) is 1.24. The van der Waals surface area contributed by atoms with E-state index in [0.29, 0.717) is 18.2 Å². The van der Waals surface area contributed by atoms with Crippen LogP contribution in [0.4, 0.5) is 4.39 Å². The van der Waals surface area contributed by atoms with Crippen molar-refractivity contribution in [2.45, 2.75) is 12.6 Å². The van der Waals surface area contributed by atoms with Gasteiger partial charge in [0.2, 0.25) is 0 Å². The Morgan fingerprint density at radius 2 is 2.10 bits per heavy atom. The van der Waals surface area contributed by atoms with Gasteiger partial charge in [0.05, 0.1) is 6.04 Å². The van der Waals surface area contributed by atoms with Gasteiger partial charge in [-0.05, 0) is 23.8 Å². The van der Waals surface area contributed by atoms with Crippen LogP contribution in [-0.2, 0) is 6.54 Å². The Morgan fingerprint density at radius 1 is 1.30 bits per heavy atom. The van der Waals surface area contributed by atoms with Crippen molar-refractivity contribution >= 4 is 0 Å². The molecule has 7 heteroatoms. The van der Waals surface area contributed by atoms with Gasteiger partial charge >= 0.3 is 0 Å². The zero-order valence-electron chi connectivity index (χ0n) is 10.6. The molecule has 0 fully saturated rings. The SMILES string of the molecule is N[C@@H](c1ccc(F)cc1)c1n[nH]c(Cn2cccn2)n1. The maximum Gasteiger partial charge on any atom is 0.171 e. The Bertz CT molecular complexity index is 673. The van der Waals surface area contributed by atoms with E-state index in [9.17, 15) is 4.39 Å². The first-order valence-corrected chi connectivity index (χ1v) is 6.12. The number of nitrogens with zero attached hydrogens (tertiary/aromatic N) is 4. The van der Waals surface area contributed by atoms with Crippen LogP contribution in [0.5, 0.6) is 0 Å². The first kappa shape index (κ1) is 12.5. The molecule has 3 aromatic rings. The minimum atomic E-state index is -0.488. The van der Waals surface area contributed by atoms with Crippen LogP contribution >= 0.6 is 0 Å². The molecule has 1 aromatic carbocycles. The van der Waals surface area contributed by atoms with E-state index < -0.39 is 6.04 Å². The third-order valence-electron chi connectivity index (χ3n) is 2.93. The number of aromatic amines is 1. The van der Waals surface area contributed by atoms with Gasteiger partial charge < -0.3 is 5.73 Å². The zero-order valence-corrected chi connectivity index (χ0v) is 10.6. The number of rotatable bonds is 4. The van der Waals surface area contributed by atoms with Crippen molar-refractivity contribution in [3.63, 3.8) is 0 Å². The average Bonchev–Trinajstić information content (AvgIpc) is 3.11. The fourth-order valence-electron chi connectivity index (χ4n) is 1.89. The van der Waals surface area contributed by atoms with E-state index >= 15 is 0 Å². The molecule has 0 aliphatic carbocycles. The Labute approximate surface area is 114 Å². The zero-order chi connectivity index (χ0) is 13.9. The summed E-state index contributed by atoms with van der Waals surface area (Å²) in [6.45, 7) is 0.496. The summed E-state index contributed by atoms with van der Waals surface area (Å²) in [6.07, 6.45) is 3.53. The number of hydrogen-bond acceptors (Lipinski definition) is 4. The second-order valence-corrected chi connectivity index (χ2v) is 4.37. The summed E-state index contributed by atoms with van der Waals surface area (Å²) >= 11 is 0. The number of nitrogens with two attached hydrogens (primary N) is 1. The smallest absolute Gasteiger partial charge is 0.171 e. The van der Waals surface area contributed by atoms with E-state index in [1.165, 1.54) is 12.1 Å². The molecule has 1 atom stereocenters. The van der Waals surface area contributed by atoms with Crippen LogP contribution < -0.4 is 5.73 Å². The molecule has 0 bridgehead atoms. The number of halogens is 1. The highest BCUT2D eigenvalue weighted by atomic mass is 19.1. The molecule has 20 heavy (non-hydrogen) atoms. The Morgan fingerprint density at radius 3 is 2.80 bits per heavy atom. The maximum absolute atomic E-state index is 12.9. The van der Waals surface area contributed by atoms with Crippen molar-refractivity contribution < 1.29 is 4.39 Å². The lowest BCUT2D eigenvalue weighted by molar-refractivity contribution is 0.626. The van der Waals surface area contributed by atoms with Gasteiger partial charge in [0.25, 0.3) is 0 Å². The molecule has 2 heterocycles. The van der Waals surface area contributed by atoms with Gasteiger partial charge in [0, 0.05) is 12.4 Å². The van der Waals surface area contributed by atoms with Gasteiger partial charge in [-0.1, -0.05) is 12.1 Å². The molecule has 0 saturated heterocycles. The lowest BCUT2D eigenvalue weighted by Gasteiger charge is -2.07. The van der Waals surface area contributed by atoms with Crippen molar-refractivity contribution in [2.75, 3.05) is 0 Å². The van der Waals surface area contributed by atoms with E-state index in [2.05, 4.69) is 20.3 Å². The Balaban J connectivity index is 1.77. The summed E-state index contributed by atoms with van der Waals surface area (Å²) in [6, 6.07) is 7.34. The fraction of sp³-hybridized carbons (Fsp3) is 0.154. The van der Waals surface area contributed by atoms with Crippen LogP contribution in [0.3, 0.4) is 0 Å². The molecule has 0 aliphatic rings. The summed E-state index contributed by atoms with van der Waals surface area (Å²) in [5, 5.41) is 11.0. The number of H-pyrrole nitrogens is 1. The highest BCUT2D eigenvalue weighted by molar-refractivity contribution is 5.24. The average molecular weight is 272 g/mol. The number of aromatic nitrogens is 5. The van der Waals surface area contributed by atoms with Crippen molar-refractivity contribution in [2.24, 2.45) is 5.73 Å². The van der Waals surface area contributed by atoms with Crippen molar-refractivity contribution in [3.8, 4) is 0 Å². The van der Waals surface area contributed by atoms with Crippen LogP contribution in [0, 0.1) is 5.82 Å². The van der Waals surface area contributed by atoms with Crippen LogP contribution in [0.25, 0.3) is 0 Å². The Kier molecular flexibility index (Phi) is 3.26. The molecule has 0 spiro atoms. The van der Waals surface area contributed by atoms with E-state index in [1.54, 1.807) is 23.0 Å². The first-order valence-electron chi connectivity index (χ1n) is 6.12. The van der Waals surface area contributed by atoms with Crippen LogP contribution in [0.1, 0.15) is 23.3 Å². The highest BCUT2D eigenvalue weighted by Gasteiger charge is 2.14. The van der Waals surface area contributed by atoms with Crippen molar-refractivity contribution in [1.82, 2.24) is 25.0 Å². The molecule has 0 saturated carbocycles. The van der Waals surface area contributed by atoms with E-state index in [-0.39, 0.29) is 5.82 Å². The van der Waals surface area contributed by atoms with E-state index in [1.807, 2.05) is 12.3 Å². The number of hydrogen-bond donors (Lipinski definition) is 2. The second kappa shape index (κ2) is 5.22. The van der Waals surface area contributed by atoms with Crippen molar-refractivity contribution in [3.05, 3.63) is 65.8 Å². The summed E-state index contributed by atoms with van der Waals surface area (Å²) in [5.74, 6) is 0.843. The molecular formula is C13H13FN6. The monoisotopic (exact) mass is 272 g/mol. The molecule has 3 N–H and O–H groups in total. The molecular weight excluding hydrogens is 259 g/mol. The second-order valence-electron chi connectivity index (χ2n) is 4.37. The lowest BCUT2D eigenvalue weighted by atomic mass is 10.1. The quantitative estimate of drug-likeness (QED) is 0.748. The highest BCUT2D eigenvalue weighted by Crippen LogP contribution is 2.16. The molecule has 6 nitrogen and oxygen atoms in total. The van der Waals surface area contributed by atoms with Crippen LogP contribution in [0.2, 0.25) is 0 Å². The molecule has 0 radical (unpaired) electrons. The third-order valence-corrected chi connectivity index (χ3v) is 2.93. The number of benzene rings is 1. The van der Waals surface area contributed by atoms with Gasteiger partial charge in [0.15, 0.2) is 5.82 Å². The topological polar surface area (TPSA) is 85.4 Å². The van der Waals surface area contributed by atoms with Crippen molar-refractivity contribution in [1.29, 1.82) is 0 Å². The normalized spacial score (nSPS) is 12.5. The Hall–Kier alpha value is -2.54. The third kappa shape index (κ3) is 2.57.